The van der Waals surface area contributed by atoms with Gasteiger partial charge in [0, 0.05) is 29.9 Å². The number of nitrogens with two attached hydrogens (primary N) is 1. The maximum atomic E-state index is 12.6. The van der Waals surface area contributed by atoms with E-state index in [9.17, 15) is 4.79 Å². The highest BCUT2D eigenvalue weighted by molar-refractivity contribution is 5.96. The Labute approximate surface area is 120 Å². The standard InChI is InChI=1S/C16H22N2O2/c1-5-12-8-18(9-14(12)17)16(19)13-6-10(2)11(3)15(7-13)20-4/h6-7,9,12H,5,8,17H2,1-4H3/t12-/m1/s1. The molecule has 1 aromatic carbocycles. The number of carbonyl (C=O) groups is 1. The second-order valence-corrected chi connectivity index (χ2v) is 5.31. The highest BCUT2D eigenvalue weighted by Crippen LogP contribution is 2.26. The van der Waals surface area contributed by atoms with Crippen LogP contribution >= 0.6 is 0 Å². The first-order chi connectivity index (χ1) is 9.47. The molecule has 4 heteroatoms. The van der Waals surface area contributed by atoms with E-state index >= 15 is 0 Å². The number of benzene rings is 1. The predicted octanol–water partition coefficient (Wildman–Crippen LogP) is 2.59. The van der Waals surface area contributed by atoms with Crippen LogP contribution in [0.1, 0.15) is 34.8 Å². The van der Waals surface area contributed by atoms with Gasteiger partial charge in [0.2, 0.25) is 0 Å². The Bertz CT molecular complexity index is 564. The number of ether oxygens (including phenoxy) is 1. The Balaban J connectivity index is 2.29. The zero-order chi connectivity index (χ0) is 14.9. The van der Waals surface area contributed by atoms with Crippen LogP contribution < -0.4 is 10.5 Å². The number of amides is 1. The average Bonchev–Trinajstić information content (AvgIpc) is 2.82. The van der Waals surface area contributed by atoms with Crippen LogP contribution in [0.15, 0.2) is 24.0 Å². The molecule has 0 saturated carbocycles. The monoisotopic (exact) mass is 274 g/mol. The lowest BCUT2D eigenvalue weighted by molar-refractivity contribution is 0.0823. The van der Waals surface area contributed by atoms with Crippen LogP contribution in [0.3, 0.4) is 0 Å². The summed E-state index contributed by atoms with van der Waals surface area (Å²) in [6, 6.07) is 3.71. The van der Waals surface area contributed by atoms with Crippen molar-refractivity contribution < 1.29 is 9.53 Å². The molecule has 0 fully saturated rings. The summed E-state index contributed by atoms with van der Waals surface area (Å²) in [6.07, 6.45) is 2.71. The summed E-state index contributed by atoms with van der Waals surface area (Å²) in [6.45, 7) is 6.72. The first kappa shape index (κ1) is 14.4. The molecule has 0 bridgehead atoms. The van der Waals surface area contributed by atoms with Crippen molar-refractivity contribution in [1.82, 2.24) is 4.90 Å². The van der Waals surface area contributed by atoms with Gasteiger partial charge < -0.3 is 15.4 Å². The van der Waals surface area contributed by atoms with Gasteiger partial charge in [-0.15, -0.1) is 0 Å². The maximum Gasteiger partial charge on any atom is 0.258 e. The second-order valence-electron chi connectivity index (χ2n) is 5.31. The minimum absolute atomic E-state index is 0.0229. The molecule has 0 aromatic heterocycles. The van der Waals surface area contributed by atoms with E-state index in [2.05, 4.69) is 6.92 Å². The van der Waals surface area contributed by atoms with Gasteiger partial charge in [0.1, 0.15) is 5.75 Å². The van der Waals surface area contributed by atoms with Crippen molar-refractivity contribution >= 4 is 5.91 Å². The Hall–Kier alpha value is -1.97. The summed E-state index contributed by atoms with van der Waals surface area (Å²) in [4.78, 5) is 14.3. The largest absolute Gasteiger partial charge is 0.496 e. The molecule has 1 atom stereocenters. The molecule has 2 N–H and O–H groups in total. The molecule has 0 radical (unpaired) electrons. The van der Waals surface area contributed by atoms with Crippen LogP contribution in [0.5, 0.6) is 5.75 Å². The summed E-state index contributed by atoms with van der Waals surface area (Å²) in [5, 5.41) is 0. The average molecular weight is 274 g/mol. The number of aryl methyl sites for hydroxylation is 1. The van der Waals surface area contributed by atoms with Crippen molar-refractivity contribution in [2.24, 2.45) is 11.7 Å². The van der Waals surface area contributed by atoms with E-state index in [1.807, 2.05) is 19.9 Å². The number of rotatable bonds is 3. The summed E-state index contributed by atoms with van der Waals surface area (Å²) in [7, 11) is 1.62. The Morgan fingerprint density at radius 2 is 2.15 bits per heavy atom. The first-order valence-electron chi connectivity index (χ1n) is 6.91. The van der Waals surface area contributed by atoms with Gasteiger partial charge in [-0.2, -0.15) is 0 Å². The van der Waals surface area contributed by atoms with Gasteiger partial charge in [-0.25, -0.2) is 0 Å². The first-order valence-corrected chi connectivity index (χ1v) is 6.91. The third-order valence-electron chi connectivity index (χ3n) is 4.03. The van der Waals surface area contributed by atoms with Crippen LogP contribution in [-0.4, -0.2) is 24.5 Å². The number of carbonyl (C=O) groups excluding carboxylic acids is 1. The van der Waals surface area contributed by atoms with E-state index in [4.69, 9.17) is 10.5 Å². The zero-order valence-electron chi connectivity index (χ0n) is 12.6. The van der Waals surface area contributed by atoms with Crippen molar-refractivity contribution in [1.29, 1.82) is 0 Å². The molecule has 2 rings (SSSR count). The Morgan fingerprint density at radius 3 is 2.70 bits per heavy atom. The van der Waals surface area contributed by atoms with Gasteiger partial charge in [-0.1, -0.05) is 6.92 Å². The van der Waals surface area contributed by atoms with Crippen LogP contribution in [0.4, 0.5) is 0 Å². The molecule has 1 aromatic rings. The SMILES string of the molecule is CC[C@@H]1CN(C(=O)c2cc(C)c(C)c(OC)c2)C=C1N. The molecular formula is C16H22N2O2. The number of methoxy groups -OCH3 is 1. The fourth-order valence-corrected chi connectivity index (χ4v) is 2.52. The quantitative estimate of drug-likeness (QED) is 0.921. The molecule has 108 valence electrons. The minimum Gasteiger partial charge on any atom is -0.496 e. The van der Waals surface area contributed by atoms with E-state index in [0.29, 0.717) is 12.1 Å². The van der Waals surface area contributed by atoms with Crippen molar-refractivity contribution in [2.75, 3.05) is 13.7 Å². The highest BCUT2D eigenvalue weighted by atomic mass is 16.5. The lowest BCUT2D eigenvalue weighted by Crippen LogP contribution is -2.26. The second kappa shape index (κ2) is 5.57. The normalized spacial score (nSPS) is 18.1. The van der Waals surface area contributed by atoms with E-state index < -0.39 is 0 Å². The highest BCUT2D eigenvalue weighted by Gasteiger charge is 2.26. The summed E-state index contributed by atoms with van der Waals surface area (Å²) >= 11 is 0. The van der Waals surface area contributed by atoms with Crippen LogP contribution in [-0.2, 0) is 0 Å². The van der Waals surface area contributed by atoms with E-state index in [-0.39, 0.29) is 11.8 Å². The van der Waals surface area contributed by atoms with Gasteiger partial charge in [-0.05, 0) is 43.5 Å². The number of nitrogens with zero attached hydrogens (tertiary/aromatic N) is 1. The number of hydrogen-bond donors (Lipinski definition) is 1. The Morgan fingerprint density at radius 1 is 1.45 bits per heavy atom. The molecular weight excluding hydrogens is 252 g/mol. The summed E-state index contributed by atoms with van der Waals surface area (Å²) < 4.78 is 5.33. The van der Waals surface area contributed by atoms with E-state index in [1.54, 1.807) is 24.3 Å². The van der Waals surface area contributed by atoms with Crippen LogP contribution in [0.2, 0.25) is 0 Å². The molecule has 0 aliphatic carbocycles. The summed E-state index contributed by atoms with van der Waals surface area (Å²) in [5.74, 6) is 0.995. The molecule has 20 heavy (non-hydrogen) atoms. The van der Waals surface area contributed by atoms with Gasteiger partial charge in [0.25, 0.3) is 5.91 Å². The maximum absolute atomic E-state index is 12.6. The third kappa shape index (κ3) is 2.50. The van der Waals surface area contributed by atoms with Crippen molar-refractivity contribution in [3.8, 4) is 5.75 Å². The topological polar surface area (TPSA) is 55.6 Å². The molecule has 1 amide bonds. The molecule has 0 spiro atoms. The zero-order valence-corrected chi connectivity index (χ0v) is 12.6. The lowest BCUT2D eigenvalue weighted by atomic mass is 10.0. The molecule has 4 nitrogen and oxygen atoms in total. The lowest BCUT2D eigenvalue weighted by Gasteiger charge is -2.17. The molecule has 1 heterocycles. The van der Waals surface area contributed by atoms with Crippen LogP contribution in [0.25, 0.3) is 0 Å². The molecule has 1 aliphatic rings. The summed E-state index contributed by atoms with van der Waals surface area (Å²) in [5.41, 5.74) is 9.49. The predicted molar refractivity (Wildman–Crippen MR) is 79.6 cm³/mol. The Kier molecular flexibility index (Phi) is 4.02. The van der Waals surface area contributed by atoms with Gasteiger partial charge >= 0.3 is 0 Å². The van der Waals surface area contributed by atoms with Crippen molar-refractivity contribution in [2.45, 2.75) is 27.2 Å². The number of hydrogen-bond acceptors (Lipinski definition) is 3. The fraction of sp³-hybridized carbons (Fsp3) is 0.438. The smallest absolute Gasteiger partial charge is 0.258 e. The van der Waals surface area contributed by atoms with Crippen LogP contribution in [0, 0.1) is 19.8 Å². The van der Waals surface area contributed by atoms with Crippen molar-refractivity contribution in [3.63, 3.8) is 0 Å². The van der Waals surface area contributed by atoms with E-state index in [0.717, 1.165) is 29.0 Å². The molecule has 0 unspecified atom stereocenters. The van der Waals surface area contributed by atoms with E-state index in [1.165, 1.54) is 0 Å². The van der Waals surface area contributed by atoms with Gasteiger partial charge in [0.15, 0.2) is 0 Å². The molecule has 1 aliphatic heterocycles. The fourth-order valence-electron chi connectivity index (χ4n) is 2.52. The third-order valence-corrected chi connectivity index (χ3v) is 4.03. The van der Waals surface area contributed by atoms with Gasteiger partial charge in [0.05, 0.1) is 7.11 Å². The minimum atomic E-state index is -0.0229. The van der Waals surface area contributed by atoms with Crippen molar-refractivity contribution in [3.05, 3.63) is 40.7 Å². The molecule has 0 saturated heterocycles. The van der Waals surface area contributed by atoms with Gasteiger partial charge in [-0.3, -0.25) is 4.79 Å².